The van der Waals surface area contributed by atoms with Crippen molar-refractivity contribution in [1.82, 2.24) is 14.6 Å². The number of halogens is 2. The van der Waals surface area contributed by atoms with Crippen LogP contribution >= 0.6 is 27.5 Å². The normalized spacial score (nSPS) is 19.9. The zero-order chi connectivity index (χ0) is 12.9. The van der Waals surface area contributed by atoms with E-state index >= 15 is 0 Å². The molecule has 0 radical (unpaired) electrons. The fourth-order valence-corrected chi connectivity index (χ4v) is 2.74. The predicted molar refractivity (Wildman–Crippen MR) is 74.9 cm³/mol. The van der Waals surface area contributed by atoms with Crippen LogP contribution in [0.25, 0.3) is 5.65 Å². The standard InChI is InChI=1S/C10H12BrClN6/c11-6-3-15-18-8(14)7(12)10(16-9(6)18)17-2-1-5(13)4-17/h3,5H,1-2,4,13-14H2. The predicted octanol–water partition coefficient (Wildman–Crippen LogP) is 1.26. The van der Waals surface area contributed by atoms with Crippen molar-refractivity contribution in [3.63, 3.8) is 0 Å². The minimum Gasteiger partial charge on any atom is -0.382 e. The van der Waals surface area contributed by atoms with Crippen LogP contribution in [0.1, 0.15) is 6.42 Å². The molecular weight excluding hydrogens is 320 g/mol. The minimum atomic E-state index is 0.161. The van der Waals surface area contributed by atoms with Gasteiger partial charge >= 0.3 is 0 Å². The van der Waals surface area contributed by atoms with Crippen LogP contribution in [0.3, 0.4) is 0 Å². The first-order chi connectivity index (χ1) is 8.58. The third-order valence-electron chi connectivity index (χ3n) is 3.09. The van der Waals surface area contributed by atoms with E-state index in [1.807, 2.05) is 0 Å². The van der Waals surface area contributed by atoms with Gasteiger partial charge < -0.3 is 16.4 Å². The van der Waals surface area contributed by atoms with Crippen molar-refractivity contribution in [1.29, 1.82) is 0 Å². The second-order valence-electron chi connectivity index (χ2n) is 4.36. The molecule has 1 aliphatic rings. The molecule has 18 heavy (non-hydrogen) atoms. The Hall–Kier alpha value is -1.05. The lowest BCUT2D eigenvalue weighted by Crippen LogP contribution is -2.27. The van der Waals surface area contributed by atoms with Gasteiger partial charge in [0, 0.05) is 19.1 Å². The largest absolute Gasteiger partial charge is 0.382 e. The van der Waals surface area contributed by atoms with Crippen LogP contribution in [0.15, 0.2) is 10.7 Å². The first kappa shape index (κ1) is 12.0. The molecule has 8 heteroatoms. The van der Waals surface area contributed by atoms with E-state index in [-0.39, 0.29) is 6.04 Å². The number of aromatic nitrogens is 3. The summed E-state index contributed by atoms with van der Waals surface area (Å²) in [5.41, 5.74) is 12.5. The first-order valence-corrected chi connectivity index (χ1v) is 6.73. The molecule has 6 nitrogen and oxygen atoms in total. The highest BCUT2D eigenvalue weighted by Gasteiger charge is 2.25. The lowest BCUT2D eigenvalue weighted by atomic mass is 10.3. The Bertz CT molecular complexity index is 612. The average Bonchev–Trinajstić information content (AvgIpc) is 2.91. The fraction of sp³-hybridized carbons (Fsp3) is 0.400. The highest BCUT2D eigenvalue weighted by atomic mass is 79.9. The molecule has 2 aromatic heterocycles. The number of nitrogens with two attached hydrogens (primary N) is 2. The van der Waals surface area contributed by atoms with Gasteiger partial charge in [0.05, 0.1) is 10.7 Å². The molecule has 0 saturated carbocycles. The van der Waals surface area contributed by atoms with Crippen LogP contribution in [0.4, 0.5) is 11.6 Å². The Balaban J connectivity index is 2.17. The van der Waals surface area contributed by atoms with Gasteiger partial charge in [0.25, 0.3) is 0 Å². The van der Waals surface area contributed by atoms with E-state index in [0.29, 0.717) is 22.3 Å². The fourth-order valence-electron chi connectivity index (χ4n) is 2.15. The van der Waals surface area contributed by atoms with Crippen LogP contribution in [0.2, 0.25) is 5.02 Å². The molecule has 3 rings (SSSR count). The minimum absolute atomic E-state index is 0.161. The Labute approximate surface area is 117 Å². The topological polar surface area (TPSA) is 85.5 Å². The van der Waals surface area contributed by atoms with Crippen molar-refractivity contribution < 1.29 is 0 Å². The van der Waals surface area contributed by atoms with E-state index in [4.69, 9.17) is 23.1 Å². The SMILES string of the molecule is Nc1c(Cl)c(N2CCC(N)C2)nc2c(Br)cnn12. The summed E-state index contributed by atoms with van der Waals surface area (Å²) < 4.78 is 2.31. The van der Waals surface area contributed by atoms with Gasteiger partial charge in [-0.3, -0.25) is 0 Å². The summed E-state index contributed by atoms with van der Waals surface area (Å²) in [6, 6.07) is 0.161. The quantitative estimate of drug-likeness (QED) is 0.822. The van der Waals surface area contributed by atoms with Gasteiger partial charge in [0.1, 0.15) is 10.8 Å². The Morgan fingerprint density at radius 3 is 2.94 bits per heavy atom. The molecule has 4 N–H and O–H groups in total. The van der Waals surface area contributed by atoms with Crippen LogP contribution in [-0.2, 0) is 0 Å². The van der Waals surface area contributed by atoms with E-state index in [2.05, 4.69) is 30.9 Å². The molecular formula is C10H12BrClN6. The van der Waals surface area contributed by atoms with Crippen molar-refractivity contribution in [3.8, 4) is 0 Å². The molecule has 1 atom stereocenters. The number of fused-ring (bicyclic) bond motifs is 1. The van der Waals surface area contributed by atoms with E-state index < -0.39 is 0 Å². The zero-order valence-corrected chi connectivity index (χ0v) is 11.8. The zero-order valence-electron chi connectivity index (χ0n) is 9.48. The highest BCUT2D eigenvalue weighted by Crippen LogP contribution is 2.33. The third-order valence-corrected chi connectivity index (χ3v) is 4.01. The monoisotopic (exact) mass is 330 g/mol. The lowest BCUT2D eigenvalue weighted by Gasteiger charge is -2.19. The summed E-state index contributed by atoms with van der Waals surface area (Å²) >= 11 is 9.66. The molecule has 3 heterocycles. The molecule has 0 aromatic carbocycles. The number of nitrogens with zero attached hydrogens (tertiary/aromatic N) is 4. The molecule has 1 aliphatic heterocycles. The Kier molecular flexibility index (Phi) is 2.84. The Morgan fingerprint density at radius 1 is 1.50 bits per heavy atom. The first-order valence-electron chi connectivity index (χ1n) is 5.56. The molecule has 2 aromatic rings. The number of rotatable bonds is 1. The number of nitrogen functional groups attached to an aromatic ring is 1. The van der Waals surface area contributed by atoms with Crippen molar-refractivity contribution in [2.24, 2.45) is 5.73 Å². The van der Waals surface area contributed by atoms with Gasteiger partial charge in [0.2, 0.25) is 0 Å². The average molecular weight is 332 g/mol. The smallest absolute Gasteiger partial charge is 0.174 e. The summed E-state index contributed by atoms with van der Waals surface area (Å²) in [5.74, 6) is 1.07. The maximum absolute atomic E-state index is 6.26. The van der Waals surface area contributed by atoms with Crippen molar-refractivity contribution in [3.05, 3.63) is 15.7 Å². The molecule has 1 unspecified atom stereocenters. The lowest BCUT2D eigenvalue weighted by molar-refractivity contribution is 0.751. The third kappa shape index (κ3) is 1.73. The maximum atomic E-state index is 6.26. The summed E-state index contributed by atoms with van der Waals surface area (Å²) in [6.45, 7) is 1.59. The molecule has 0 amide bonds. The van der Waals surface area contributed by atoms with Gasteiger partial charge in [-0.15, -0.1) is 0 Å². The van der Waals surface area contributed by atoms with Crippen LogP contribution in [0, 0.1) is 0 Å². The second-order valence-corrected chi connectivity index (χ2v) is 5.59. The second kappa shape index (κ2) is 4.25. The molecule has 0 bridgehead atoms. The number of hydrogen-bond acceptors (Lipinski definition) is 5. The van der Waals surface area contributed by atoms with Crippen molar-refractivity contribution in [2.45, 2.75) is 12.5 Å². The molecule has 96 valence electrons. The van der Waals surface area contributed by atoms with Gasteiger partial charge in [0.15, 0.2) is 11.5 Å². The number of hydrogen-bond donors (Lipinski definition) is 2. The Morgan fingerprint density at radius 2 is 2.28 bits per heavy atom. The van der Waals surface area contributed by atoms with E-state index in [1.165, 1.54) is 4.52 Å². The van der Waals surface area contributed by atoms with Gasteiger partial charge in [-0.25, -0.2) is 4.98 Å². The summed E-state index contributed by atoms with van der Waals surface area (Å²) in [5, 5.41) is 4.54. The van der Waals surface area contributed by atoms with E-state index in [0.717, 1.165) is 24.0 Å². The summed E-state index contributed by atoms with van der Waals surface area (Å²) in [6.07, 6.45) is 2.58. The van der Waals surface area contributed by atoms with Crippen molar-refractivity contribution in [2.75, 3.05) is 23.7 Å². The molecule has 0 aliphatic carbocycles. The molecule has 1 fully saturated rings. The molecule has 0 spiro atoms. The van der Waals surface area contributed by atoms with Gasteiger partial charge in [-0.05, 0) is 22.4 Å². The van der Waals surface area contributed by atoms with Gasteiger partial charge in [-0.2, -0.15) is 9.61 Å². The maximum Gasteiger partial charge on any atom is 0.174 e. The van der Waals surface area contributed by atoms with Gasteiger partial charge in [-0.1, -0.05) is 11.6 Å². The van der Waals surface area contributed by atoms with Crippen LogP contribution in [0.5, 0.6) is 0 Å². The highest BCUT2D eigenvalue weighted by molar-refractivity contribution is 9.10. The molecule has 1 saturated heterocycles. The van der Waals surface area contributed by atoms with E-state index in [9.17, 15) is 0 Å². The number of anilines is 2. The van der Waals surface area contributed by atoms with Crippen LogP contribution < -0.4 is 16.4 Å². The summed E-state index contributed by atoms with van der Waals surface area (Å²) in [4.78, 5) is 6.58. The summed E-state index contributed by atoms with van der Waals surface area (Å²) in [7, 11) is 0. The van der Waals surface area contributed by atoms with Crippen LogP contribution in [-0.4, -0.2) is 33.7 Å². The van der Waals surface area contributed by atoms with E-state index in [1.54, 1.807) is 6.20 Å². The van der Waals surface area contributed by atoms with Crippen molar-refractivity contribution >= 4 is 44.8 Å².